The van der Waals surface area contributed by atoms with Gasteiger partial charge in [-0.2, -0.15) is 0 Å². The molecule has 4 nitrogen and oxygen atoms in total. The van der Waals surface area contributed by atoms with Crippen LogP contribution in [0.5, 0.6) is 0 Å². The van der Waals surface area contributed by atoms with E-state index in [0.717, 1.165) is 12.8 Å². The normalized spacial score (nSPS) is 18.5. The van der Waals surface area contributed by atoms with E-state index >= 15 is 0 Å². The molecule has 0 saturated heterocycles. The van der Waals surface area contributed by atoms with Gasteiger partial charge in [0, 0.05) is 12.4 Å². The van der Waals surface area contributed by atoms with E-state index in [2.05, 4.69) is 0 Å². The predicted molar refractivity (Wildman–Crippen MR) is 52.0 cm³/mol. The fourth-order valence-corrected chi connectivity index (χ4v) is 2.19. The molecule has 0 heterocycles. The van der Waals surface area contributed by atoms with E-state index in [0.29, 0.717) is 13.0 Å². The van der Waals surface area contributed by atoms with Crippen molar-refractivity contribution in [1.82, 2.24) is 0 Å². The molecule has 0 atom stereocenters. The molecular formula is C9H17NaO4S. The standard InChI is InChI=1S/C9H18O4S.Na/c10-14(11,12)8-4-7-13-9-5-2-1-3-6-9;/h9H,1-8H2,(H,10,11,12);/q;+1/p-1. The Bertz CT molecular complexity index is 247. The van der Waals surface area contributed by atoms with Crippen LogP contribution < -0.4 is 29.6 Å². The molecule has 0 unspecified atom stereocenters. The summed E-state index contributed by atoms with van der Waals surface area (Å²) in [7, 11) is -4.06. The second-order valence-corrected chi connectivity index (χ2v) is 5.27. The van der Waals surface area contributed by atoms with Gasteiger partial charge in [-0.15, -0.1) is 0 Å². The number of hydrogen-bond acceptors (Lipinski definition) is 4. The van der Waals surface area contributed by atoms with Gasteiger partial charge >= 0.3 is 29.6 Å². The van der Waals surface area contributed by atoms with E-state index in [4.69, 9.17) is 4.74 Å². The van der Waals surface area contributed by atoms with Crippen molar-refractivity contribution in [3.05, 3.63) is 0 Å². The smallest absolute Gasteiger partial charge is 0.748 e. The fourth-order valence-electron chi connectivity index (χ4n) is 1.72. The third-order valence-electron chi connectivity index (χ3n) is 2.44. The summed E-state index contributed by atoms with van der Waals surface area (Å²) in [5, 5.41) is 0. The van der Waals surface area contributed by atoms with Crippen molar-refractivity contribution in [3.8, 4) is 0 Å². The molecule has 0 N–H and O–H groups in total. The number of rotatable bonds is 5. The zero-order valence-corrected chi connectivity index (χ0v) is 12.1. The van der Waals surface area contributed by atoms with Crippen molar-refractivity contribution in [2.75, 3.05) is 12.4 Å². The Morgan fingerprint density at radius 2 is 1.80 bits per heavy atom. The Labute approximate surface area is 114 Å². The van der Waals surface area contributed by atoms with E-state index in [-0.39, 0.29) is 41.4 Å². The average molecular weight is 244 g/mol. The van der Waals surface area contributed by atoms with Crippen molar-refractivity contribution < 1.29 is 47.3 Å². The average Bonchev–Trinajstić information content (AvgIpc) is 2.13. The van der Waals surface area contributed by atoms with E-state index in [1.165, 1.54) is 19.3 Å². The second-order valence-electron chi connectivity index (χ2n) is 3.75. The quantitative estimate of drug-likeness (QED) is 0.328. The largest absolute Gasteiger partial charge is 1.00 e. The monoisotopic (exact) mass is 244 g/mol. The molecule has 1 saturated carbocycles. The minimum Gasteiger partial charge on any atom is -0.748 e. The van der Waals surface area contributed by atoms with Crippen LogP contribution in [-0.2, 0) is 14.9 Å². The van der Waals surface area contributed by atoms with Gasteiger partial charge in [-0.25, -0.2) is 8.42 Å². The third kappa shape index (κ3) is 8.65. The van der Waals surface area contributed by atoms with E-state index < -0.39 is 10.1 Å². The van der Waals surface area contributed by atoms with Gasteiger partial charge in [0.1, 0.15) is 0 Å². The summed E-state index contributed by atoms with van der Waals surface area (Å²) in [5.41, 5.74) is 0. The number of ether oxygens (including phenoxy) is 1. The van der Waals surface area contributed by atoms with Gasteiger partial charge in [0.15, 0.2) is 0 Å². The molecule has 0 aromatic heterocycles. The first-order valence-corrected chi connectivity index (χ1v) is 6.71. The van der Waals surface area contributed by atoms with Crippen LogP contribution in [0, 0.1) is 0 Å². The summed E-state index contributed by atoms with van der Waals surface area (Å²) >= 11 is 0. The first-order valence-electron chi connectivity index (χ1n) is 5.13. The van der Waals surface area contributed by atoms with Gasteiger partial charge in [0.25, 0.3) is 0 Å². The molecule has 1 aliphatic rings. The minimum absolute atomic E-state index is 0. The molecular weight excluding hydrogens is 227 g/mol. The van der Waals surface area contributed by atoms with Crippen LogP contribution in [0.1, 0.15) is 38.5 Å². The Hall–Kier alpha value is 0.870. The summed E-state index contributed by atoms with van der Waals surface area (Å²) in [5.74, 6) is -0.306. The topological polar surface area (TPSA) is 66.4 Å². The second kappa shape index (κ2) is 8.03. The summed E-state index contributed by atoms with van der Waals surface area (Å²) in [6.45, 7) is 0.395. The van der Waals surface area contributed by atoms with Crippen molar-refractivity contribution in [2.45, 2.75) is 44.6 Å². The molecule has 15 heavy (non-hydrogen) atoms. The minimum atomic E-state index is -4.06. The van der Waals surface area contributed by atoms with Crippen LogP contribution in [0.3, 0.4) is 0 Å². The van der Waals surface area contributed by atoms with E-state index in [1.807, 2.05) is 0 Å². The van der Waals surface area contributed by atoms with Gasteiger partial charge in [-0.05, 0) is 19.3 Å². The fraction of sp³-hybridized carbons (Fsp3) is 1.00. The Kier molecular flexibility index (Phi) is 8.50. The molecule has 0 bridgehead atoms. The van der Waals surface area contributed by atoms with Crippen LogP contribution in [0.4, 0.5) is 0 Å². The molecule has 1 rings (SSSR count). The molecule has 84 valence electrons. The Morgan fingerprint density at radius 3 is 2.33 bits per heavy atom. The van der Waals surface area contributed by atoms with Crippen molar-refractivity contribution >= 4 is 10.1 Å². The van der Waals surface area contributed by atoms with Gasteiger partial charge in [0.2, 0.25) is 0 Å². The van der Waals surface area contributed by atoms with Gasteiger partial charge in [-0.3, -0.25) is 0 Å². The van der Waals surface area contributed by atoms with Crippen molar-refractivity contribution in [1.29, 1.82) is 0 Å². The first-order chi connectivity index (χ1) is 6.58. The maximum Gasteiger partial charge on any atom is 1.00 e. The zero-order chi connectivity index (χ0) is 10.4. The molecule has 0 aliphatic heterocycles. The molecule has 0 amide bonds. The van der Waals surface area contributed by atoms with E-state index in [1.54, 1.807) is 0 Å². The molecule has 1 aliphatic carbocycles. The van der Waals surface area contributed by atoms with Gasteiger partial charge in [0.05, 0.1) is 16.2 Å². The van der Waals surface area contributed by atoms with Gasteiger partial charge < -0.3 is 9.29 Å². The van der Waals surface area contributed by atoms with E-state index in [9.17, 15) is 13.0 Å². The van der Waals surface area contributed by atoms with Gasteiger partial charge in [-0.1, -0.05) is 19.3 Å². The molecule has 0 spiro atoms. The first kappa shape index (κ1) is 15.9. The van der Waals surface area contributed by atoms with Crippen LogP contribution in [0.15, 0.2) is 0 Å². The maximum absolute atomic E-state index is 10.3. The van der Waals surface area contributed by atoms with Crippen LogP contribution in [-0.4, -0.2) is 31.4 Å². The molecule has 0 aromatic carbocycles. The maximum atomic E-state index is 10.3. The molecule has 1 fully saturated rings. The molecule has 0 aromatic rings. The van der Waals surface area contributed by atoms with Crippen molar-refractivity contribution in [3.63, 3.8) is 0 Å². The Balaban J connectivity index is 0.00000196. The van der Waals surface area contributed by atoms with Crippen LogP contribution >= 0.6 is 0 Å². The van der Waals surface area contributed by atoms with Crippen molar-refractivity contribution in [2.24, 2.45) is 0 Å². The molecule has 0 radical (unpaired) electrons. The Morgan fingerprint density at radius 1 is 1.20 bits per heavy atom. The number of hydrogen-bond donors (Lipinski definition) is 0. The third-order valence-corrected chi connectivity index (χ3v) is 3.23. The summed E-state index contributed by atoms with van der Waals surface area (Å²) in [6, 6.07) is 0. The zero-order valence-electron chi connectivity index (χ0n) is 9.28. The summed E-state index contributed by atoms with van der Waals surface area (Å²) in [6.07, 6.45) is 6.43. The SMILES string of the molecule is O=S(=O)([O-])CCCOC1CCCCC1.[Na+]. The summed E-state index contributed by atoms with van der Waals surface area (Å²) < 4.78 is 36.3. The summed E-state index contributed by atoms with van der Waals surface area (Å²) in [4.78, 5) is 0. The van der Waals surface area contributed by atoms with Crippen LogP contribution in [0.25, 0.3) is 0 Å². The van der Waals surface area contributed by atoms with Crippen LogP contribution in [0.2, 0.25) is 0 Å². The molecule has 6 heteroatoms. The predicted octanol–water partition coefficient (Wildman–Crippen LogP) is -1.72.